The van der Waals surface area contributed by atoms with Gasteiger partial charge in [0.25, 0.3) is 0 Å². The molecule has 0 heterocycles. The molecular weight excluding hydrogens is 381 g/mol. The van der Waals surface area contributed by atoms with Crippen molar-refractivity contribution in [2.24, 2.45) is 0 Å². The second-order valence-electron chi connectivity index (χ2n) is 6.34. The number of nitrogens with one attached hydrogen (secondary N) is 1. The Morgan fingerprint density at radius 2 is 1.32 bits per heavy atom. The summed E-state index contributed by atoms with van der Waals surface area (Å²) in [4.78, 5) is 1.93. The lowest BCUT2D eigenvalue weighted by atomic mass is 10.1. The van der Waals surface area contributed by atoms with Crippen LogP contribution in [0, 0.1) is 0 Å². The molecule has 0 saturated heterocycles. The molecule has 0 spiro atoms. The molecule has 1 N–H and O–H groups in total. The maximum atomic E-state index is 13.0. The first-order valence-corrected chi connectivity index (χ1v) is 9.14. The van der Waals surface area contributed by atoms with Crippen molar-refractivity contribution in [1.29, 1.82) is 0 Å². The smallest absolute Gasteiger partial charge is 0.340 e. The fraction of sp³-hybridized carbons (Fsp3) is 0.136. The van der Waals surface area contributed by atoms with E-state index in [1.165, 1.54) is 6.07 Å². The van der Waals surface area contributed by atoms with Gasteiger partial charge < -0.3 is 10.2 Å². The Balaban J connectivity index is 1.80. The summed E-state index contributed by atoms with van der Waals surface area (Å²) >= 11 is 5.53. The summed E-state index contributed by atoms with van der Waals surface area (Å²) in [6.07, 6.45) is -4.40. The first-order chi connectivity index (χ1) is 13.4. The van der Waals surface area contributed by atoms with Gasteiger partial charge in [-0.15, -0.1) is 0 Å². The largest absolute Gasteiger partial charge is 0.416 e. The highest BCUT2D eigenvalue weighted by molar-refractivity contribution is 7.80. The number of thiocarbonyl (C=S) groups is 1. The van der Waals surface area contributed by atoms with Gasteiger partial charge in [0, 0.05) is 18.8 Å². The van der Waals surface area contributed by atoms with Gasteiger partial charge in [-0.25, -0.2) is 0 Å². The van der Waals surface area contributed by atoms with Crippen molar-refractivity contribution in [2.45, 2.75) is 19.3 Å². The molecule has 0 saturated carbocycles. The number of anilines is 1. The van der Waals surface area contributed by atoms with Crippen molar-refractivity contribution >= 4 is 23.0 Å². The van der Waals surface area contributed by atoms with E-state index in [1.807, 2.05) is 65.6 Å². The van der Waals surface area contributed by atoms with E-state index < -0.39 is 11.7 Å². The SMILES string of the molecule is FC(F)(F)c1cccc(NC(=S)N(Cc2ccccc2)Cc2ccccc2)c1. The van der Waals surface area contributed by atoms with Crippen LogP contribution in [0.1, 0.15) is 16.7 Å². The highest BCUT2D eigenvalue weighted by atomic mass is 32.1. The molecule has 2 nitrogen and oxygen atoms in total. The lowest BCUT2D eigenvalue weighted by molar-refractivity contribution is -0.137. The Hall–Kier alpha value is -2.86. The molecule has 3 aromatic rings. The Labute approximate surface area is 167 Å². The lowest BCUT2D eigenvalue weighted by Crippen LogP contribution is -2.33. The summed E-state index contributed by atoms with van der Waals surface area (Å²) in [5, 5.41) is 3.32. The van der Waals surface area contributed by atoms with Gasteiger partial charge in [-0.2, -0.15) is 13.2 Å². The minimum Gasteiger partial charge on any atom is -0.340 e. The number of rotatable bonds is 5. The second kappa shape index (κ2) is 8.89. The number of hydrogen-bond donors (Lipinski definition) is 1. The minimum absolute atomic E-state index is 0.311. The van der Waals surface area contributed by atoms with Crippen LogP contribution >= 0.6 is 12.2 Å². The van der Waals surface area contributed by atoms with Gasteiger partial charge in [-0.1, -0.05) is 66.7 Å². The summed E-state index contributed by atoms with van der Waals surface area (Å²) in [5.74, 6) is 0. The summed E-state index contributed by atoms with van der Waals surface area (Å²) in [6.45, 7) is 1.08. The average molecular weight is 400 g/mol. The van der Waals surface area contributed by atoms with Gasteiger partial charge in [0.1, 0.15) is 0 Å². The van der Waals surface area contributed by atoms with Gasteiger partial charge in [0.15, 0.2) is 5.11 Å². The van der Waals surface area contributed by atoms with Gasteiger partial charge in [-0.3, -0.25) is 0 Å². The van der Waals surface area contributed by atoms with E-state index in [-0.39, 0.29) is 0 Å². The van der Waals surface area contributed by atoms with Crippen molar-refractivity contribution in [3.8, 4) is 0 Å². The van der Waals surface area contributed by atoms with Crippen LogP contribution in [0.15, 0.2) is 84.9 Å². The minimum atomic E-state index is -4.40. The topological polar surface area (TPSA) is 15.3 Å². The number of benzene rings is 3. The standard InChI is InChI=1S/C22H19F3N2S/c23-22(24,25)19-12-7-13-20(14-19)26-21(28)27(15-17-8-3-1-4-9-17)16-18-10-5-2-6-11-18/h1-14H,15-16H2,(H,26,28). The first kappa shape index (κ1) is 19.9. The molecule has 0 aliphatic heterocycles. The van der Waals surface area contributed by atoms with Crippen molar-refractivity contribution < 1.29 is 13.2 Å². The predicted octanol–water partition coefficient (Wildman–Crippen LogP) is 6.10. The molecule has 0 aliphatic carbocycles. The van der Waals surface area contributed by atoms with Gasteiger partial charge in [-0.05, 0) is 41.5 Å². The van der Waals surface area contributed by atoms with Crippen molar-refractivity contribution in [1.82, 2.24) is 4.90 Å². The Morgan fingerprint density at radius 3 is 1.82 bits per heavy atom. The lowest BCUT2D eigenvalue weighted by Gasteiger charge is -2.26. The molecule has 28 heavy (non-hydrogen) atoms. The fourth-order valence-electron chi connectivity index (χ4n) is 2.78. The molecule has 0 bridgehead atoms. The molecule has 3 aromatic carbocycles. The van der Waals surface area contributed by atoms with Crippen LogP contribution in [0.2, 0.25) is 0 Å². The van der Waals surface area contributed by atoms with E-state index in [9.17, 15) is 13.2 Å². The maximum Gasteiger partial charge on any atom is 0.416 e. The maximum absolute atomic E-state index is 13.0. The Bertz CT molecular complexity index is 870. The predicted molar refractivity (Wildman–Crippen MR) is 110 cm³/mol. The van der Waals surface area contributed by atoms with Crippen LogP contribution in [0.25, 0.3) is 0 Å². The Kier molecular flexibility index (Phi) is 6.31. The van der Waals surface area contributed by atoms with E-state index >= 15 is 0 Å². The van der Waals surface area contributed by atoms with Gasteiger partial charge in [0.2, 0.25) is 0 Å². The highest BCUT2D eigenvalue weighted by Gasteiger charge is 2.30. The monoisotopic (exact) mass is 400 g/mol. The zero-order valence-corrected chi connectivity index (χ0v) is 15.8. The number of nitrogens with zero attached hydrogens (tertiary/aromatic N) is 1. The molecule has 0 fully saturated rings. The zero-order valence-electron chi connectivity index (χ0n) is 15.0. The zero-order chi connectivity index (χ0) is 20.0. The highest BCUT2D eigenvalue weighted by Crippen LogP contribution is 2.30. The Morgan fingerprint density at radius 1 is 0.786 bits per heavy atom. The third kappa shape index (κ3) is 5.57. The van der Waals surface area contributed by atoms with Crippen molar-refractivity contribution in [3.63, 3.8) is 0 Å². The quantitative estimate of drug-likeness (QED) is 0.521. The van der Waals surface area contributed by atoms with Crippen LogP contribution in [0.3, 0.4) is 0 Å². The number of hydrogen-bond acceptors (Lipinski definition) is 1. The van der Waals surface area contributed by atoms with Crippen LogP contribution in [-0.2, 0) is 19.3 Å². The molecular formula is C22H19F3N2S. The van der Waals surface area contributed by atoms with E-state index in [1.54, 1.807) is 6.07 Å². The summed E-state index contributed by atoms with van der Waals surface area (Å²) in [7, 11) is 0. The fourth-order valence-corrected chi connectivity index (χ4v) is 3.03. The van der Waals surface area contributed by atoms with E-state index in [4.69, 9.17) is 12.2 Å². The number of halogens is 3. The second-order valence-corrected chi connectivity index (χ2v) is 6.72. The summed E-state index contributed by atoms with van der Waals surface area (Å²) in [6, 6.07) is 24.7. The van der Waals surface area contributed by atoms with Gasteiger partial charge in [0.05, 0.1) is 5.56 Å². The van der Waals surface area contributed by atoms with Crippen LogP contribution < -0.4 is 5.32 Å². The van der Waals surface area contributed by atoms with Crippen molar-refractivity contribution in [3.05, 3.63) is 102 Å². The molecule has 0 radical (unpaired) electrons. The van der Waals surface area contributed by atoms with Crippen LogP contribution in [-0.4, -0.2) is 10.0 Å². The molecule has 3 rings (SSSR count). The molecule has 0 aromatic heterocycles. The molecule has 0 aliphatic rings. The van der Waals surface area contributed by atoms with Crippen molar-refractivity contribution in [2.75, 3.05) is 5.32 Å². The van der Waals surface area contributed by atoms with E-state index in [0.29, 0.717) is 23.9 Å². The average Bonchev–Trinajstić information content (AvgIpc) is 2.69. The molecule has 0 unspecified atom stereocenters. The normalized spacial score (nSPS) is 11.1. The van der Waals surface area contributed by atoms with Gasteiger partial charge >= 0.3 is 6.18 Å². The molecule has 0 atom stereocenters. The van der Waals surface area contributed by atoms with E-state index in [0.717, 1.165) is 23.3 Å². The third-order valence-corrected chi connectivity index (χ3v) is 4.52. The van der Waals surface area contributed by atoms with Crippen LogP contribution in [0.5, 0.6) is 0 Å². The molecule has 6 heteroatoms. The summed E-state index contributed by atoms with van der Waals surface area (Å²) < 4.78 is 38.9. The first-order valence-electron chi connectivity index (χ1n) is 8.73. The van der Waals surface area contributed by atoms with E-state index in [2.05, 4.69) is 5.32 Å². The molecule has 144 valence electrons. The summed E-state index contributed by atoms with van der Waals surface area (Å²) in [5.41, 5.74) is 1.72. The molecule has 0 amide bonds. The number of alkyl halides is 3. The third-order valence-electron chi connectivity index (χ3n) is 4.16. The van der Waals surface area contributed by atoms with Crippen LogP contribution in [0.4, 0.5) is 18.9 Å².